The van der Waals surface area contributed by atoms with Crippen LogP contribution in [0.4, 0.5) is 0 Å². The van der Waals surface area contributed by atoms with Gasteiger partial charge in [-0.3, -0.25) is 9.78 Å². The second kappa shape index (κ2) is 9.06. The second-order valence-corrected chi connectivity index (χ2v) is 6.05. The number of benzene rings is 1. The quantitative estimate of drug-likeness (QED) is 0.799. The van der Waals surface area contributed by atoms with Crippen LogP contribution >= 0.6 is 0 Å². The van der Waals surface area contributed by atoms with E-state index in [4.69, 9.17) is 4.74 Å². The molecular weight excluding hydrogens is 300 g/mol. The normalized spacial score (nSPS) is 11.8. The summed E-state index contributed by atoms with van der Waals surface area (Å²) in [5.74, 6) is 0.808. The summed E-state index contributed by atoms with van der Waals surface area (Å²) in [6.07, 6.45) is 5.63. The minimum absolute atomic E-state index is 0.0375. The Kier molecular flexibility index (Phi) is 6.79. The van der Waals surface area contributed by atoms with Crippen molar-refractivity contribution in [1.82, 2.24) is 10.3 Å². The fourth-order valence-electron chi connectivity index (χ4n) is 2.72. The maximum Gasteiger partial charge on any atom is 0.251 e. The van der Waals surface area contributed by atoms with Gasteiger partial charge in [-0.2, -0.15) is 0 Å². The first-order chi connectivity index (χ1) is 11.6. The van der Waals surface area contributed by atoms with Crippen LogP contribution in [-0.4, -0.2) is 24.0 Å². The Balaban J connectivity index is 2.08. The number of rotatable bonds is 8. The van der Waals surface area contributed by atoms with Gasteiger partial charge >= 0.3 is 0 Å². The molecule has 24 heavy (non-hydrogen) atoms. The molecule has 1 heterocycles. The molecule has 1 aromatic heterocycles. The molecule has 0 aliphatic rings. The Morgan fingerprint density at radius 3 is 2.83 bits per heavy atom. The van der Waals surface area contributed by atoms with E-state index < -0.39 is 0 Å². The Morgan fingerprint density at radius 2 is 2.12 bits per heavy atom. The van der Waals surface area contributed by atoms with Gasteiger partial charge in [0, 0.05) is 23.5 Å². The maximum atomic E-state index is 12.5. The van der Waals surface area contributed by atoms with E-state index in [9.17, 15) is 4.79 Å². The fraction of sp³-hybridized carbons (Fsp3) is 0.400. The predicted molar refractivity (Wildman–Crippen MR) is 96.5 cm³/mol. The lowest BCUT2D eigenvalue weighted by atomic mass is 10.0. The summed E-state index contributed by atoms with van der Waals surface area (Å²) in [4.78, 5) is 16.7. The van der Waals surface area contributed by atoms with E-state index in [1.165, 1.54) is 5.56 Å². The minimum Gasteiger partial charge on any atom is -0.497 e. The lowest BCUT2D eigenvalue weighted by Gasteiger charge is -2.19. The van der Waals surface area contributed by atoms with Crippen LogP contribution in [0.25, 0.3) is 0 Å². The van der Waals surface area contributed by atoms with Gasteiger partial charge in [0.25, 0.3) is 5.91 Å². The number of pyridine rings is 1. The Morgan fingerprint density at radius 1 is 1.29 bits per heavy atom. The van der Waals surface area contributed by atoms with Crippen LogP contribution in [0.3, 0.4) is 0 Å². The number of carbonyl (C=O) groups excluding carboxylic acids is 1. The van der Waals surface area contributed by atoms with E-state index in [1.807, 2.05) is 31.2 Å². The summed E-state index contributed by atoms with van der Waals surface area (Å²) in [5, 5.41) is 3.17. The van der Waals surface area contributed by atoms with E-state index in [-0.39, 0.29) is 11.9 Å². The number of hydrogen-bond donors (Lipinski definition) is 1. The lowest BCUT2D eigenvalue weighted by molar-refractivity contribution is 0.0934. The molecule has 0 spiro atoms. The number of aryl methyl sites for hydroxylation is 1. The minimum atomic E-state index is -0.0375. The number of nitrogens with zero attached hydrogens (tertiary/aromatic N) is 1. The third kappa shape index (κ3) is 5.37. The van der Waals surface area contributed by atoms with Crippen molar-refractivity contribution >= 4 is 5.91 Å². The molecule has 1 atom stereocenters. The first-order valence-corrected chi connectivity index (χ1v) is 8.48. The van der Waals surface area contributed by atoms with E-state index in [1.54, 1.807) is 19.4 Å². The molecule has 1 N–H and O–H groups in total. The van der Waals surface area contributed by atoms with E-state index >= 15 is 0 Å². The number of amides is 1. The lowest BCUT2D eigenvalue weighted by Crippen LogP contribution is -2.36. The SMILES string of the molecule is CCCC[C@@H](Cc1cccc(OC)c1)NC(=O)c1ccnc(C)c1. The van der Waals surface area contributed by atoms with Gasteiger partial charge in [-0.05, 0) is 49.6 Å². The molecule has 1 amide bonds. The average Bonchev–Trinajstić information content (AvgIpc) is 2.59. The molecule has 0 fully saturated rings. The van der Waals surface area contributed by atoms with Crippen molar-refractivity contribution in [2.24, 2.45) is 0 Å². The van der Waals surface area contributed by atoms with Crippen molar-refractivity contribution in [1.29, 1.82) is 0 Å². The molecule has 0 aliphatic heterocycles. The zero-order valence-corrected chi connectivity index (χ0v) is 14.7. The molecule has 0 saturated carbocycles. The van der Waals surface area contributed by atoms with Gasteiger partial charge in [-0.25, -0.2) is 0 Å². The summed E-state index contributed by atoms with van der Waals surface area (Å²) in [6, 6.07) is 11.7. The molecule has 2 rings (SSSR count). The molecule has 128 valence electrons. The van der Waals surface area contributed by atoms with Gasteiger partial charge in [-0.1, -0.05) is 31.9 Å². The third-order valence-electron chi connectivity index (χ3n) is 4.02. The largest absolute Gasteiger partial charge is 0.497 e. The van der Waals surface area contributed by atoms with Crippen molar-refractivity contribution in [3.63, 3.8) is 0 Å². The molecular formula is C20H26N2O2. The van der Waals surface area contributed by atoms with Crippen LogP contribution in [0.1, 0.15) is 47.8 Å². The van der Waals surface area contributed by atoms with Crippen LogP contribution in [0.2, 0.25) is 0 Å². The van der Waals surface area contributed by atoms with Gasteiger partial charge < -0.3 is 10.1 Å². The van der Waals surface area contributed by atoms with Gasteiger partial charge in [0.2, 0.25) is 0 Å². The van der Waals surface area contributed by atoms with Crippen LogP contribution in [0.15, 0.2) is 42.6 Å². The highest BCUT2D eigenvalue weighted by Gasteiger charge is 2.15. The van der Waals surface area contributed by atoms with Gasteiger partial charge in [0.05, 0.1) is 7.11 Å². The number of hydrogen-bond acceptors (Lipinski definition) is 3. The number of nitrogens with one attached hydrogen (secondary N) is 1. The highest BCUT2D eigenvalue weighted by Crippen LogP contribution is 2.16. The highest BCUT2D eigenvalue weighted by atomic mass is 16.5. The van der Waals surface area contributed by atoms with Crippen LogP contribution in [-0.2, 0) is 6.42 Å². The number of unbranched alkanes of at least 4 members (excludes halogenated alkanes) is 1. The highest BCUT2D eigenvalue weighted by molar-refractivity contribution is 5.94. The van der Waals surface area contributed by atoms with Gasteiger partial charge in [0.1, 0.15) is 5.75 Å². The van der Waals surface area contributed by atoms with Crippen molar-refractivity contribution in [2.75, 3.05) is 7.11 Å². The molecule has 2 aromatic rings. The smallest absolute Gasteiger partial charge is 0.251 e. The molecule has 0 aliphatic carbocycles. The van der Waals surface area contributed by atoms with Crippen molar-refractivity contribution in [3.8, 4) is 5.75 Å². The first kappa shape index (κ1) is 18.0. The summed E-state index contributed by atoms with van der Waals surface area (Å²) in [7, 11) is 1.67. The van der Waals surface area contributed by atoms with Crippen molar-refractivity contribution < 1.29 is 9.53 Å². The Hall–Kier alpha value is -2.36. The summed E-state index contributed by atoms with van der Waals surface area (Å²) >= 11 is 0. The first-order valence-electron chi connectivity index (χ1n) is 8.48. The number of carbonyl (C=O) groups is 1. The number of ether oxygens (including phenoxy) is 1. The molecule has 0 unspecified atom stereocenters. The van der Waals surface area contributed by atoms with E-state index in [2.05, 4.69) is 23.3 Å². The molecule has 1 aromatic carbocycles. The molecule has 0 radical (unpaired) electrons. The number of methoxy groups -OCH3 is 1. The van der Waals surface area contributed by atoms with Crippen LogP contribution in [0, 0.1) is 6.92 Å². The summed E-state index contributed by atoms with van der Waals surface area (Å²) in [5.41, 5.74) is 2.68. The summed E-state index contributed by atoms with van der Waals surface area (Å²) in [6.45, 7) is 4.05. The monoisotopic (exact) mass is 326 g/mol. The van der Waals surface area contributed by atoms with Gasteiger partial charge in [0.15, 0.2) is 0 Å². The number of aromatic nitrogens is 1. The molecule has 4 nitrogen and oxygen atoms in total. The standard InChI is InChI=1S/C20H26N2O2/c1-4-5-8-18(13-16-7-6-9-19(14-16)24-3)22-20(23)17-10-11-21-15(2)12-17/h6-7,9-12,14,18H,4-5,8,13H2,1-3H3,(H,22,23)/t18-/m0/s1. The Bertz CT molecular complexity index is 670. The van der Waals surface area contributed by atoms with E-state index in [0.717, 1.165) is 37.1 Å². The Labute approximate surface area is 144 Å². The molecule has 4 heteroatoms. The average molecular weight is 326 g/mol. The van der Waals surface area contributed by atoms with Crippen molar-refractivity contribution in [2.45, 2.75) is 45.6 Å². The van der Waals surface area contributed by atoms with Gasteiger partial charge in [-0.15, -0.1) is 0 Å². The zero-order chi connectivity index (χ0) is 17.4. The molecule has 0 bridgehead atoms. The topological polar surface area (TPSA) is 51.2 Å². The molecule has 0 saturated heterocycles. The maximum absolute atomic E-state index is 12.5. The third-order valence-corrected chi connectivity index (χ3v) is 4.02. The zero-order valence-electron chi connectivity index (χ0n) is 14.7. The predicted octanol–water partition coefficient (Wildman–Crippen LogP) is 3.93. The van der Waals surface area contributed by atoms with E-state index in [0.29, 0.717) is 5.56 Å². The second-order valence-electron chi connectivity index (χ2n) is 6.05. The van der Waals surface area contributed by atoms with Crippen molar-refractivity contribution in [3.05, 3.63) is 59.4 Å². The summed E-state index contributed by atoms with van der Waals surface area (Å²) < 4.78 is 5.29. The van der Waals surface area contributed by atoms with Crippen LogP contribution < -0.4 is 10.1 Å². The van der Waals surface area contributed by atoms with Crippen LogP contribution in [0.5, 0.6) is 5.75 Å². The fourth-order valence-corrected chi connectivity index (χ4v) is 2.72.